The van der Waals surface area contributed by atoms with Crippen molar-refractivity contribution < 1.29 is 8.81 Å². The summed E-state index contributed by atoms with van der Waals surface area (Å²) in [5.74, 6) is -0.316. The molecule has 0 aliphatic heterocycles. The van der Waals surface area contributed by atoms with Crippen molar-refractivity contribution in [2.75, 3.05) is 0 Å². The number of halogens is 1. The van der Waals surface area contributed by atoms with E-state index in [2.05, 4.69) is 9.97 Å². The van der Waals surface area contributed by atoms with Crippen LogP contribution in [0, 0.1) is 5.82 Å². The molecular weight excluding hydrogens is 235 g/mol. The van der Waals surface area contributed by atoms with E-state index in [9.17, 15) is 9.18 Å². The van der Waals surface area contributed by atoms with Crippen molar-refractivity contribution in [3.8, 4) is 11.5 Å². The van der Waals surface area contributed by atoms with Crippen LogP contribution in [0.1, 0.15) is 0 Å². The molecule has 5 heteroatoms. The Morgan fingerprint density at radius 3 is 2.89 bits per heavy atom. The molecule has 0 aliphatic carbocycles. The Bertz CT molecular complexity index is 769. The first kappa shape index (κ1) is 10.6. The molecule has 2 aromatic heterocycles. The molecule has 2 heterocycles. The number of rotatable bonds is 1. The largest absolute Gasteiger partial charge is 0.403 e. The summed E-state index contributed by atoms with van der Waals surface area (Å²) in [4.78, 5) is 19.8. The van der Waals surface area contributed by atoms with Crippen LogP contribution in [0.3, 0.4) is 0 Å². The van der Waals surface area contributed by atoms with Crippen molar-refractivity contribution in [1.29, 1.82) is 0 Å². The summed E-state index contributed by atoms with van der Waals surface area (Å²) in [5, 5.41) is 0.254. The monoisotopic (exact) mass is 242 g/mol. The van der Waals surface area contributed by atoms with Crippen molar-refractivity contribution >= 4 is 10.9 Å². The number of benzene rings is 1. The van der Waals surface area contributed by atoms with Crippen LogP contribution in [0.4, 0.5) is 4.39 Å². The predicted molar refractivity (Wildman–Crippen MR) is 63.5 cm³/mol. The standard InChI is InChI=1S/C13H7FN2O2/c14-9-3-4-10-11(6-9)16-12(18-13(10)17)8-2-1-5-15-7-8/h1-7H. The van der Waals surface area contributed by atoms with Gasteiger partial charge in [-0.3, -0.25) is 4.98 Å². The van der Waals surface area contributed by atoms with E-state index < -0.39 is 11.4 Å². The van der Waals surface area contributed by atoms with Crippen LogP contribution in [-0.2, 0) is 0 Å². The van der Waals surface area contributed by atoms with Gasteiger partial charge in [-0.2, -0.15) is 0 Å². The SMILES string of the molecule is O=c1oc(-c2cccnc2)nc2cc(F)ccc12. The van der Waals surface area contributed by atoms with Crippen molar-refractivity contribution in [2.45, 2.75) is 0 Å². The summed E-state index contributed by atoms with van der Waals surface area (Å²) >= 11 is 0. The van der Waals surface area contributed by atoms with Crippen LogP contribution in [0.25, 0.3) is 22.4 Å². The van der Waals surface area contributed by atoms with Crippen LogP contribution in [0.5, 0.6) is 0 Å². The summed E-state index contributed by atoms with van der Waals surface area (Å²) in [5.41, 5.74) is 0.296. The molecular formula is C13H7FN2O2. The number of pyridine rings is 1. The Balaban J connectivity index is 2.30. The zero-order valence-electron chi connectivity index (χ0n) is 9.13. The lowest BCUT2D eigenvalue weighted by Crippen LogP contribution is -2.03. The second-order valence-corrected chi connectivity index (χ2v) is 3.71. The molecule has 1 aromatic carbocycles. The number of hydrogen-bond donors (Lipinski definition) is 0. The molecule has 0 amide bonds. The van der Waals surface area contributed by atoms with E-state index in [1.165, 1.54) is 24.4 Å². The molecule has 0 atom stereocenters. The Morgan fingerprint density at radius 1 is 1.22 bits per heavy atom. The normalized spacial score (nSPS) is 10.7. The summed E-state index contributed by atoms with van der Waals surface area (Å²) < 4.78 is 18.2. The maximum absolute atomic E-state index is 13.1. The lowest BCUT2D eigenvalue weighted by Gasteiger charge is -2.00. The molecule has 0 aliphatic rings. The van der Waals surface area contributed by atoms with E-state index in [0.29, 0.717) is 5.56 Å². The summed E-state index contributed by atoms with van der Waals surface area (Å²) in [6, 6.07) is 7.17. The summed E-state index contributed by atoms with van der Waals surface area (Å²) in [7, 11) is 0. The minimum absolute atomic E-state index is 0.131. The van der Waals surface area contributed by atoms with E-state index in [1.54, 1.807) is 18.3 Å². The highest BCUT2D eigenvalue weighted by atomic mass is 19.1. The molecule has 4 nitrogen and oxygen atoms in total. The zero-order chi connectivity index (χ0) is 12.5. The third-order valence-corrected chi connectivity index (χ3v) is 2.50. The molecule has 18 heavy (non-hydrogen) atoms. The van der Waals surface area contributed by atoms with Crippen molar-refractivity contribution in [3.63, 3.8) is 0 Å². The molecule has 0 fully saturated rings. The molecule has 0 unspecified atom stereocenters. The van der Waals surface area contributed by atoms with Gasteiger partial charge in [-0.05, 0) is 24.3 Å². The molecule has 3 aromatic rings. The van der Waals surface area contributed by atoms with Crippen LogP contribution >= 0.6 is 0 Å². The highest BCUT2D eigenvalue weighted by molar-refractivity contribution is 5.78. The Morgan fingerprint density at radius 2 is 2.11 bits per heavy atom. The molecule has 0 radical (unpaired) electrons. The van der Waals surface area contributed by atoms with Gasteiger partial charge in [0, 0.05) is 18.5 Å². The van der Waals surface area contributed by atoms with E-state index in [4.69, 9.17) is 4.42 Å². The smallest absolute Gasteiger partial charge is 0.347 e. The minimum atomic E-state index is -0.543. The van der Waals surface area contributed by atoms with Gasteiger partial charge in [0.2, 0.25) is 5.89 Å². The molecule has 0 saturated carbocycles. The van der Waals surface area contributed by atoms with Crippen LogP contribution in [-0.4, -0.2) is 9.97 Å². The van der Waals surface area contributed by atoms with Gasteiger partial charge < -0.3 is 4.42 Å². The first-order chi connectivity index (χ1) is 8.74. The fourth-order valence-corrected chi connectivity index (χ4v) is 1.66. The third-order valence-electron chi connectivity index (χ3n) is 2.50. The van der Waals surface area contributed by atoms with Crippen LogP contribution in [0.15, 0.2) is 51.9 Å². The highest BCUT2D eigenvalue weighted by Crippen LogP contribution is 2.17. The molecule has 0 saturated heterocycles. The number of fused-ring (bicyclic) bond motifs is 1. The van der Waals surface area contributed by atoms with E-state index in [0.717, 1.165) is 0 Å². The number of hydrogen-bond acceptors (Lipinski definition) is 4. The lowest BCUT2D eigenvalue weighted by molar-refractivity contribution is 0.517. The maximum Gasteiger partial charge on any atom is 0.347 e. The summed E-state index contributed by atoms with van der Waals surface area (Å²) in [6.07, 6.45) is 3.12. The van der Waals surface area contributed by atoms with Crippen LogP contribution < -0.4 is 5.63 Å². The van der Waals surface area contributed by atoms with Crippen molar-refractivity contribution in [3.05, 3.63) is 59.0 Å². The third kappa shape index (κ3) is 1.75. The van der Waals surface area contributed by atoms with E-state index >= 15 is 0 Å². The number of nitrogens with zero attached hydrogens (tertiary/aromatic N) is 2. The zero-order valence-corrected chi connectivity index (χ0v) is 9.13. The van der Waals surface area contributed by atoms with Gasteiger partial charge in [-0.25, -0.2) is 14.2 Å². The Kier molecular flexibility index (Phi) is 2.37. The lowest BCUT2D eigenvalue weighted by atomic mass is 10.2. The molecule has 0 N–H and O–H groups in total. The Hall–Kier alpha value is -2.56. The van der Waals surface area contributed by atoms with Gasteiger partial charge in [0.15, 0.2) is 0 Å². The quantitative estimate of drug-likeness (QED) is 0.657. The predicted octanol–water partition coefficient (Wildman–Crippen LogP) is 2.39. The summed E-state index contributed by atoms with van der Waals surface area (Å²) in [6.45, 7) is 0. The van der Waals surface area contributed by atoms with Gasteiger partial charge in [-0.15, -0.1) is 0 Å². The van der Waals surface area contributed by atoms with E-state index in [-0.39, 0.29) is 16.8 Å². The first-order valence-electron chi connectivity index (χ1n) is 5.25. The average molecular weight is 242 g/mol. The van der Waals surface area contributed by atoms with Gasteiger partial charge >= 0.3 is 5.63 Å². The maximum atomic E-state index is 13.1. The van der Waals surface area contributed by atoms with Gasteiger partial charge in [-0.1, -0.05) is 0 Å². The fourth-order valence-electron chi connectivity index (χ4n) is 1.66. The first-order valence-corrected chi connectivity index (χ1v) is 5.25. The molecule has 88 valence electrons. The van der Waals surface area contributed by atoms with Gasteiger partial charge in [0.1, 0.15) is 5.82 Å². The second-order valence-electron chi connectivity index (χ2n) is 3.71. The molecule has 0 bridgehead atoms. The fraction of sp³-hybridized carbons (Fsp3) is 0. The van der Waals surface area contributed by atoms with Gasteiger partial charge in [0.05, 0.1) is 16.5 Å². The number of aromatic nitrogens is 2. The minimum Gasteiger partial charge on any atom is -0.403 e. The second kappa shape index (κ2) is 4.03. The van der Waals surface area contributed by atoms with Crippen molar-refractivity contribution in [1.82, 2.24) is 9.97 Å². The topological polar surface area (TPSA) is 56.0 Å². The molecule has 0 spiro atoms. The van der Waals surface area contributed by atoms with Crippen molar-refractivity contribution in [2.24, 2.45) is 0 Å². The average Bonchev–Trinajstić information content (AvgIpc) is 2.39. The Labute approximate surface area is 101 Å². The van der Waals surface area contributed by atoms with Crippen LogP contribution in [0.2, 0.25) is 0 Å². The highest BCUT2D eigenvalue weighted by Gasteiger charge is 2.08. The van der Waals surface area contributed by atoms with Gasteiger partial charge in [0.25, 0.3) is 0 Å². The van der Waals surface area contributed by atoms with E-state index in [1.807, 2.05) is 0 Å². The molecule has 3 rings (SSSR count).